The van der Waals surface area contributed by atoms with Crippen LogP contribution in [0.15, 0.2) is 47.2 Å². The van der Waals surface area contributed by atoms with Gasteiger partial charge in [-0.2, -0.15) is 0 Å². The number of amides is 1. The standard InChI is InChI=1S/C19H23N2O2/c1-4-9-20-16-8-7-15-13-6-5-10-21(23)18(22)19(15,3)12(2)17(20)11-14(13)16/h4-6,12,17H,1,7-11H2,2-3H3/q+1/b6-5-. The van der Waals surface area contributed by atoms with Gasteiger partial charge in [0, 0.05) is 23.2 Å². The van der Waals surface area contributed by atoms with Crippen LogP contribution in [0.2, 0.25) is 0 Å². The van der Waals surface area contributed by atoms with Gasteiger partial charge in [0.05, 0.1) is 4.76 Å². The number of allylic oxidation sites excluding steroid dienone is 3. The van der Waals surface area contributed by atoms with E-state index in [0.29, 0.717) is 4.76 Å². The minimum absolute atomic E-state index is 0.109. The Morgan fingerprint density at radius 3 is 3.00 bits per heavy atom. The highest BCUT2D eigenvalue weighted by Gasteiger charge is 2.59. The van der Waals surface area contributed by atoms with Gasteiger partial charge in [-0.3, -0.25) is 0 Å². The van der Waals surface area contributed by atoms with Crippen molar-refractivity contribution >= 4 is 5.91 Å². The maximum Gasteiger partial charge on any atom is 0.443 e. The van der Waals surface area contributed by atoms with E-state index in [0.717, 1.165) is 25.8 Å². The highest BCUT2D eigenvalue weighted by Crippen LogP contribution is 2.57. The summed E-state index contributed by atoms with van der Waals surface area (Å²) in [6.45, 7) is 9.01. The fourth-order valence-corrected chi connectivity index (χ4v) is 5.09. The maximum absolute atomic E-state index is 13.0. The Morgan fingerprint density at radius 2 is 2.26 bits per heavy atom. The number of likely N-dealkylation sites (tertiary alicyclic amines) is 1. The predicted octanol–water partition coefficient (Wildman–Crippen LogP) is 3.12. The van der Waals surface area contributed by atoms with Crippen LogP contribution in [0.25, 0.3) is 0 Å². The second-order valence-corrected chi connectivity index (χ2v) is 7.29. The number of nitroso groups, excluding NO2 is 1. The summed E-state index contributed by atoms with van der Waals surface area (Å²) < 4.78 is 0.650. The second kappa shape index (κ2) is 4.76. The van der Waals surface area contributed by atoms with Crippen molar-refractivity contribution in [3.63, 3.8) is 0 Å². The number of hydrogen-bond acceptors (Lipinski definition) is 3. The lowest BCUT2D eigenvalue weighted by molar-refractivity contribution is -0.467. The van der Waals surface area contributed by atoms with Crippen LogP contribution in [0, 0.1) is 16.2 Å². The zero-order valence-electron chi connectivity index (χ0n) is 13.8. The maximum atomic E-state index is 13.0. The van der Waals surface area contributed by atoms with Gasteiger partial charge in [0.1, 0.15) is 5.41 Å². The van der Waals surface area contributed by atoms with Crippen molar-refractivity contribution < 1.29 is 9.55 Å². The van der Waals surface area contributed by atoms with Crippen molar-refractivity contribution in [1.82, 2.24) is 4.90 Å². The minimum atomic E-state index is -0.695. The summed E-state index contributed by atoms with van der Waals surface area (Å²) in [4.78, 5) is 27.7. The first-order chi connectivity index (χ1) is 11.0. The van der Waals surface area contributed by atoms with Crippen LogP contribution < -0.4 is 0 Å². The molecular formula is C19H23N2O2+. The molecule has 2 aliphatic heterocycles. The van der Waals surface area contributed by atoms with Crippen LogP contribution >= 0.6 is 0 Å². The Morgan fingerprint density at radius 1 is 1.48 bits per heavy atom. The molecule has 120 valence electrons. The normalized spacial score (nSPS) is 37.0. The number of hydrogen-bond donors (Lipinski definition) is 0. The zero-order valence-corrected chi connectivity index (χ0v) is 13.8. The summed E-state index contributed by atoms with van der Waals surface area (Å²) in [6, 6.07) is 0.277. The molecule has 4 aliphatic rings. The monoisotopic (exact) mass is 311 g/mol. The lowest BCUT2D eigenvalue weighted by Gasteiger charge is -2.44. The highest BCUT2D eigenvalue weighted by atomic mass is 16.3. The smallest absolute Gasteiger partial charge is 0.367 e. The number of nitrogens with zero attached hydrogens (tertiary/aromatic N) is 2. The largest absolute Gasteiger partial charge is 0.443 e. The molecule has 5 bridgehead atoms. The lowest BCUT2D eigenvalue weighted by Crippen LogP contribution is -2.51. The molecule has 4 rings (SSSR count). The van der Waals surface area contributed by atoms with E-state index in [-0.39, 0.29) is 24.4 Å². The quantitative estimate of drug-likeness (QED) is 0.581. The third kappa shape index (κ3) is 1.69. The van der Waals surface area contributed by atoms with Gasteiger partial charge in [-0.15, -0.1) is 6.58 Å². The van der Waals surface area contributed by atoms with Gasteiger partial charge < -0.3 is 4.90 Å². The third-order valence-corrected chi connectivity index (χ3v) is 6.44. The Bertz CT molecular complexity index is 728. The van der Waals surface area contributed by atoms with Gasteiger partial charge in [-0.25, -0.2) is 4.79 Å². The highest BCUT2D eigenvalue weighted by molar-refractivity contribution is 5.81. The first-order valence-corrected chi connectivity index (χ1v) is 8.49. The average Bonchev–Trinajstić information content (AvgIpc) is 2.88. The summed E-state index contributed by atoms with van der Waals surface area (Å²) >= 11 is 0. The van der Waals surface area contributed by atoms with Crippen LogP contribution in [0.4, 0.5) is 0 Å². The fraction of sp³-hybridized carbons (Fsp3) is 0.526. The summed E-state index contributed by atoms with van der Waals surface area (Å²) in [7, 11) is 0. The molecule has 0 spiro atoms. The Labute approximate surface area is 136 Å². The molecule has 1 amide bonds. The van der Waals surface area contributed by atoms with Crippen LogP contribution in [0.3, 0.4) is 0 Å². The van der Waals surface area contributed by atoms with Crippen LogP contribution in [0.5, 0.6) is 0 Å². The molecule has 0 fully saturated rings. The van der Waals surface area contributed by atoms with Crippen LogP contribution in [0.1, 0.15) is 33.1 Å². The zero-order chi connectivity index (χ0) is 16.4. The topological polar surface area (TPSA) is 40.4 Å². The summed E-state index contributed by atoms with van der Waals surface area (Å²) in [5.41, 5.74) is 4.55. The number of carbonyl (C=O) groups is 1. The van der Waals surface area contributed by atoms with Crippen molar-refractivity contribution in [2.45, 2.75) is 39.2 Å². The van der Waals surface area contributed by atoms with Gasteiger partial charge in [-0.05, 0) is 54.9 Å². The molecule has 0 radical (unpaired) electrons. The SMILES string of the molecule is C=CCN1C2=C3CC1C(C)C1(C)C(=O)[N+](=O)C/C=C\C3=C1CC2. The molecule has 0 saturated heterocycles. The first-order valence-electron chi connectivity index (χ1n) is 8.49. The van der Waals surface area contributed by atoms with E-state index in [1.807, 2.05) is 19.1 Å². The number of carbonyl (C=O) groups excluding carboxylic acids is 1. The number of rotatable bonds is 2. The van der Waals surface area contributed by atoms with Crippen molar-refractivity contribution in [2.24, 2.45) is 11.3 Å². The van der Waals surface area contributed by atoms with E-state index >= 15 is 0 Å². The molecule has 3 atom stereocenters. The van der Waals surface area contributed by atoms with E-state index in [1.54, 1.807) is 0 Å². The van der Waals surface area contributed by atoms with E-state index in [9.17, 15) is 9.70 Å². The molecule has 23 heavy (non-hydrogen) atoms. The van der Waals surface area contributed by atoms with Crippen molar-refractivity contribution in [1.29, 1.82) is 0 Å². The molecule has 0 saturated carbocycles. The van der Waals surface area contributed by atoms with Gasteiger partial charge in [0.2, 0.25) is 6.54 Å². The molecule has 3 unspecified atom stereocenters. The summed E-state index contributed by atoms with van der Waals surface area (Å²) in [6.07, 6.45) is 8.70. The van der Waals surface area contributed by atoms with Crippen molar-refractivity contribution in [3.05, 3.63) is 52.1 Å². The Kier molecular flexibility index (Phi) is 3.03. The third-order valence-electron chi connectivity index (χ3n) is 6.44. The van der Waals surface area contributed by atoms with E-state index in [1.165, 1.54) is 22.4 Å². The minimum Gasteiger partial charge on any atom is -0.367 e. The molecular weight excluding hydrogens is 288 g/mol. The van der Waals surface area contributed by atoms with E-state index < -0.39 is 5.41 Å². The summed E-state index contributed by atoms with van der Waals surface area (Å²) in [5, 5.41) is 0. The van der Waals surface area contributed by atoms with Gasteiger partial charge in [-0.1, -0.05) is 19.1 Å². The molecule has 4 nitrogen and oxygen atoms in total. The van der Waals surface area contributed by atoms with Gasteiger partial charge in [0.25, 0.3) is 0 Å². The first kappa shape index (κ1) is 14.6. The van der Waals surface area contributed by atoms with Gasteiger partial charge in [0.15, 0.2) is 0 Å². The van der Waals surface area contributed by atoms with Crippen molar-refractivity contribution in [3.8, 4) is 0 Å². The van der Waals surface area contributed by atoms with Crippen molar-refractivity contribution in [2.75, 3.05) is 13.1 Å². The lowest BCUT2D eigenvalue weighted by atomic mass is 9.65. The summed E-state index contributed by atoms with van der Waals surface area (Å²) in [5.74, 6) is -0.157. The van der Waals surface area contributed by atoms with Gasteiger partial charge >= 0.3 is 5.91 Å². The van der Waals surface area contributed by atoms with Crippen LogP contribution in [-0.2, 0) is 4.79 Å². The number of fused-ring (bicyclic) bond motifs is 1. The Balaban J connectivity index is 2.00. The average molecular weight is 311 g/mol. The fourth-order valence-electron chi connectivity index (χ4n) is 5.09. The Hall–Kier alpha value is -1.97. The molecule has 0 N–H and O–H groups in total. The van der Waals surface area contributed by atoms with E-state index in [2.05, 4.69) is 24.5 Å². The predicted molar refractivity (Wildman–Crippen MR) is 88.5 cm³/mol. The molecule has 0 aromatic heterocycles. The molecule has 4 heteroatoms. The molecule has 0 aromatic rings. The molecule has 0 aromatic carbocycles. The molecule has 2 heterocycles. The van der Waals surface area contributed by atoms with Crippen LogP contribution in [-0.4, -0.2) is 34.7 Å². The molecule has 2 aliphatic carbocycles. The second-order valence-electron chi connectivity index (χ2n) is 7.29. The van der Waals surface area contributed by atoms with E-state index in [4.69, 9.17) is 0 Å².